The first-order valence-corrected chi connectivity index (χ1v) is 10.7. The maximum atomic E-state index is 12.7. The molecule has 0 unspecified atom stereocenters. The van der Waals surface area contributed by atoms with Crippen molar-refractivity contribution < 1.29 is 14.5 Å². The minimum atomic E-state index is -0.531. The highest BCUT2D eigenvalue weighted by Gasteiger charge is 2.20. The molecule has 0 spiro atoms. The van der Waals surface area contributed by atoms with Crippen molar-refractivity contribution in [3.8, 4) is 11.5 Å². The standard InChI is InChI=1S/C22H16ClN5O4S/c1-27-13-24-26-22(27)33-20-11-6-14(12-18(20)28(30)31)21(29)25-15-7-9-16(10-8-15)32-19-5-3-2-4-17(19)23/h2-13H,1H3,(H,25,29). The Kier molecular flexibility index (Phi) is 6.57. The second-order valence-corrected chi connectivity index (χ2v) is 8.19. The van der Waals surface area contributed by atoms with Gasteiger partial charge >= 0.3 is 0 Å². The Bertz CT molecular complexity index is 1330. The van der Waals surface area contributed by atoms with Gasteiger partial charge < -0.3 is 14.6 Å². The number of nitro benzene ring substituents is 1. The number of aromatic nitrogens is 3. The fourth-order valence-corrected chi connectivity index (χ4v) is 3.84. The van der Waals surface area contributed by atoms with E-state index in [0.29, 0.717) is 32.3 Å². The number of nitrogens with zero attached hydrogens (tertiary/aromatic N) is 4. The van der Waals surface area contributed by atoms with E-state index in [1.54, 1.807) is 54.1 Å². The van der Waals surface area contributed by atoms with Crippen molar-refractivity contribution in [1.82, 2.24) is 14.8 Å². The summed E-state index contributed by atoms with van der Waals surface area (Å²) in [4.78, 5) is 24.1. The molecular weight excluding hydrogens is 466 g/mol. The van der Waals surface area contributed by atoms with Crippen molar-refractivity contribution in [2.45, 2.75) is 10.1 Å². The smallest absolute Gasteiger partial charge is 0.284 e. The minimum absolute atomic E-state index is 0.153. The van der Waals surface area contributed by atoms with Gasteiger partial charge in [-0.15, -0.1) is 10.2 Å². The third-order valence-electron chi connectivity index (χ3n) is 4.47. The summed E-state index contributed by atoms with van der Waals surface area (Å²) >= 11 is 7.19. The molecule has 0 bridgehead atoms. The van der Waals surface area contributed by atoms with Crippen molar-refractivity contribution in [3.63, 3.8) is 0 Å². The minimum Gasteiger partial charge on any atom is -0.456 e. The predicted octanol–water partition coefficient (Wildman–Crippen LogP) is 5.57. The fraction of sp³-hybridized carbons (Fsp3) is 0.0455. The van der Waals surface area contributed by atoms with Crippen LogP contribution in [0.15, 0.2) is 83.1 Å². The number of rotatable bonds is 7. The zero-order chi connectivity index (χ0) is 23.4. The van der Waals surface area contributed by atoms with Crippen LogP contribution in [0.25, 0.3) is 0 Å². The van der Waals surface area contributed by atoms with Crippen LogP contribution < -0.4 is 10.1 Å². The van der Waals surface area contributed by atoms with Gasteiger partial charge in [0.2, 0.25) is 0 Å². The van der Waals surface area contributed by atoms with E-state index < -0.39 is 10.8 Å². The lowest BCUT2D eigenvalue weighted by Crippen LogP contribution is -2.12. The van der Waals surface area contributed by atoms with E-state index in [9.17, 15) is 14.9 Å². The van der Waals surface area contributed by atoms with E-state index >= 15 is 0 Å². The zero-order valence-corrected chi connectivity index (χ0v) is 18.7. The molecule has 166 valence electrons. The quantitative estimate of drug-likeness (QED) is 0.271. The van der Waals surface area contributed by atoms with Gasteiger partial charge in [-0.1, -0.05) is 23.7 Å². The van der Waals surface area contributed by atoms with Crippen LogP contribution in [0.5, 0.6) is 11.5 Å². The first-order valence-electron chi connectivity index (χ1n) is 9.55. The molecule has 9 nitrogen and oxygen atoms in total. The van der Waals surface area contributed by atoms with Gasteiger partial charge in [0, 0.05) is 24.4 Å². The van der Waals surface area contributed by atoms with Crippen molar-refractivity contribution >= 4 is 40.6 Å². The summed E-state index contributed by atoms with van der Waals surface area (Å²) in [5, 5.41) is 23.0. The van der Waals surface area contributed by atoms with Crippen molar-refractivity contribution in [2.24, 2.45) is 7.05 Å². The Morgan fingerprint density at radius 2 is 1.91 bits per heavy atom. The topological polar surface area (TPSA) is 112 Å². The number of benzene rings is 3. The molecule has 0 aliphatic heterocycles. The van der Waals surface area contributed by atoms with Gasteiger partial charge in [-0.25, -0.2) is 0 Å². The van der Waals surface area contributed by atoms with E-state index in [4.69, 9.17) is 16.3 Å². The lowest BCUT2D eigenvalue weighted by Gasteiger charge is -2.09. The normalized spacial score (nSPS) is 10.6. The largest absolute Gasteiger partial charge is 0.456 e. The van der Waals surface area contributed by atoms with Gasteiger partial charge in [-0.3, -0.25) is 14.9 Å². The number of halogens is 1. The number of carbonyl (C=O) groups is 1. The molecule has 0 aliphatic carbocycles. The Morgan fingerprint density at radius 3 is 2.58 bits per heavy atom. The van der Waals surface area contributed by atoms with E-state index in [0.717, 1.165) is 11.8 Å². The highest BCUT2D eigenvalue weighted by molar-refractivity contribution is 7.99. The van der Waals surface area contributed by atoms with Crippen molar-refractivity contribution in [1.29, 1.82) is 0 Å². The first-order chi connectivity index (χ1) is 15.9. The molecule has 0 radical (unpaired) electrons. The zero-order valence-electron chi connectivity index (χ0n) is 17.1. The molecule has 3 aromatic carbocycles. The second kappa shape index (κ2) is 9.72. The Hall–Kier alpha value is -3.89. The van der Waals surface area contributed by atoms with E-state index in [1.165, 1.54) is 24.5 Å². The number of hydrogen-bond acceptors (Lipinski definition) is 7. The molecule has 4 aromatic rings. The summed E-state index contributed by atoms with van der Waals surface area (Å²) < 4.78 is 7.37. The van der Waals surface area contributed by atoms with Gasteiger partial charge in [-0.05, 0) is 60.3 Å². The van der Waals surface area contributed by atoms with Gasteiger partial charge in [0.25, 0.3) is 11.6 Å². The Morgan fingerprint density at radius 1 is 1.15 bits per heavy atom. The molecule has 1 heterocycles. The summed E-state index contributed by atoms with van der Waals surface area (Å²) in [6, 6.07) is 18.1. The average molecular weight is 482 g/mol. The molecule has 1 amide bonds. The molecule has 4 rings (SSSR count). The van der Waals surface area contributed by atoms with Gasteiger partial charge in [-0.2, -0.15) is 0 Å². The van der Waals surface area contributed by atoms with Crippen LogP contribution in [-0.4, -0.2) is 25.6 Å². The number of hydrogen-bond donors (Lipinski definition) is 1. The van der Waals surface area contributed by atoms with Crippen LogP contribution in [-0.2, 0) is 7.05 Å². The fourth-order valence-electron chi connectivity index (χ4n) is 2.82. The molecule has 33 heavy (non-hydrogen) atoms. The van der Waals surface area contributed by atoms with E-state index in [-0.39, 0.29) is 11.3 Å². The Labute approximate surface area is 197 Å². The average Bonchev–Trinajstić information content (AvgIpc) is 3.21. The highest BCUT2D eigenvalue weighted by Crippen LogP contribution is 2.34. The molecule has 0 atom stereocenters. The number of nitrogens with one attached hydrogen (secondary N) is 1. The molecule has 1 N–H and O–H groups in total. The number of aryl methyl sites for hydroxylation is 1. The monoisotopic (exact) mass is 481 g/mol. The number of amides is 1. The van der Waals surface area contributed by atoms with Crippen LogP contribution in [0.4, 0.5) is 11.4 Å². The van der Waals surface area contributed by atoms with E-state index in [1.807, 2.05) is 6.07 Å². The third-order valence-corrected chi connectivity index (χ3v) is 5.90. The number of anilines is 1. The molecule has 11 heteroatoms. The van der Waals surface area contributed by atoms with Gasteiger partial charge in [0.05, 0.1) is 14.8 Å². The Balaban J connectivity index is 1.47. The SMILES string of the molecule is Cn1cnnc1Sc1ccc(C(=O)Nc2ccc(Oc3ccccc3Cl)cc2)cc1[N+](=O)[O-]. The lowest BCUT2D eigenvalue weighted by atomic mass is 10.2. The van der Waals surface area contributed by atoms with E-state index in [2.05, 4.69) is 15.5 Å². The number of para-hydroxylation sites is 1. The van der Waals surface area contributed by atoms with Crippen LogP contribution in [0.3, 0.4) is 0 Å². The molecule has 1 aromatic heterocycles. The maximum Gasteiger partial charge on any atom is 0.284 e. The summed E-state index contributed by atoms with van der Waals surface area (Å²) in [7, 11) is 1.74. The van der Waals surface area contributed by atoms with Crippen LogP contribution in [0.2, 0.25) is 5.02 Å². The summed E-state index contributed by atoms with van der Waals surface area (Å²) in [5.74, 6) is 0.581. The van der Waals surface area contributed by atoms with Gasteiger partial charge in [0.15, 0.2) is 5.16 Å². The molecule has 0 saturated carbocycles. The van der Waals surface area contributed by atoms with Crippen LogP contribution in [0, 0.1) is 10.1 Å². The van der Waals surface area contributed by atoms with Crippen LogP contribution in [0.1, 0.15) is 10.4 Å². The third kappa shape index (κ3) is 5.30. The summed E-state index contributed by atoms with van der Waals surface area (Å²) in [5.41, 5.74) is 0.464. The predicted molar refractivity (Wildman–Crippen MR) is 124 cm³/mol. The number of ether oxygens (including phenoxy) is 1. The lowest BCUT2D eigenvalue weighted by molar-refractivity contribution is -0.387. The molecular formula is C22H16ClN5O4S. The number of nitro groups is 1. The molecule has 0 aliphatic rings. The highest BCUT2D eigenvalue weighted by atomic mass is 35.5. The maximum absolute atomic E-state index is 12.7. The van der Waals surface area contributed by atoms with Crippen LogP contribution >= 0.6 is 23.4 Å². The second-order valence-electron chi connectivity index (χ2n) is 6.78. The first kappa shape index (κ1) is 22.3. The summed E-state index contributed by atoms with van der Waals surface area (Å²) in [6.45, 7) is 0. The van der Waals surface area contributed by atoms with Crippen molar-refractivity contribution in [3.05, 3.63) is 93.8 Å². The molecule has 0 fully saturated rings. The molecule has 0 saturated heterocycles. The summed E-state index contributed by atoms with van der Waals surface area (Å²) in [6.07, 6.45) is 1.50. The van der Waals surface area contributed by atoms with Crippen molar-refractivity contribution in [2.75, 3.05) is 5.32 Å². The number of carbonyl (C=O) groups excluding carboxylic acids is 1. The van der Waals surface area contributed by atoms with Gasteiger partial charge in [0.1, 0.15) is 17.8 Å².